The molecule has 3 heteroatoms. The van der Waals surface area contributed by atoms with Gasteiger partial charge in [-0.3, -0.25) is 4.79 Å². The van der Waals surface area contributed by atoms with Crippen LogP contribution in [0.5, 0.6) is 0 Å². The Morgan fingerprint density at radius 3 is 2.61 bits per heavy atom. The average Bonchev–Trinajstić information content (AvgIpc) is 2.39. The first-order valence-corrected chi connectivity index (χ1v) is 6.66. The summed E-state index contributed by atoms with van der Waals surface area (Å²) < 4.78 is 0. The molecule has 1 aliphatic rings. The second kappa shape index (κ2) is 6.01. The summed E-state index contributed by atoms with van der Waals surface area (Å²) >= 11 is 0. The fourth-order valence-electron chi connectivity index (χ4n) is 2.62. The van der Waals surface area contributed by atoms with Crippen molar-refractivity contribution in [3.63, 3.8) is 0 Å². The van der Waals surface area contributed by atoms with Gasteiger partial charge < -0.3 is 10.0 Å². The number of hydrogen-bond donors (Lipinski definition) is 1. The van der Waals surface area contributed by atoms with Gasteiger partial charge in [0.2, 0.25) is 5.91 Å². The summed E-state index contributed by atoms with van der Waals surface area (Å²) in [5, 5.41) is 9.96. The van der Waals surface area contributed by atoms with Gasteiger partial charge >= 0.3 is 0 Å². The van der Waals surface area contributed by atoms with Gasteiger partial charge in [0.1, 0.15) is 0 Å². The monoisotopic (exact) mass is 247 g/mol. The van der Waals surface area contributed by atoms with Crippen LogP contribution >= 0.6 is 0 Å². The zero-order chi connectivity index (χ0) is 13.0. The Kier molecular flexibility index (Phi) is 4.37. The van der Waals surface area contributed by atoms with Gasteiger partial charge in [0.25, 0.3) is 0 Å². The number of nitrogens with zero attached hydrogens (tertiary/aromatic N) is 1. The van der Waals surface area contributed by atoms with Gasteiger partial charge in [-0.05, 0) is 18.4 Å². The van der Waals surface area contributed by atoms with E-state index in [9.17, 15) is 9.90 Å². The Labute approximate surface area is 108 Å². The first-order valence-electron chi connectivity index (χ1n) is 6.66. The molecule has 0 aromatic heterocycles. The van der Waals surface area contributed by atoms with Crippen molar-refractivity contribution in [2.24, 2.45) is 0 Å². The molecule has 2 atom stereocenters. The van der Waals surface area contributed by atoms with E-state index < -0.39 is 0 Å². The van der Waals surface area contributed by atoms with Gasteiger partial charge in [-0.2, -0.15) is 0 Å². The minimum Gasteiger partial charge on any atom is -0.391 e. The van der Waals surface area contributed by atoms with Crippen molar-refractivity contribution < 1.29 is 9.90 Å². The fraction of sp³-hybridized carbons (Fsp3) is 0.533. The average molecular weight is 247 g/mol. The lowest BCUT2D eigenvalue weighted by Crippen LogP contribution is -2.46. The van der Waals surface area contributed by atoms with Crippen molar-refractivity contribution in [2.75, 3.05) is 7.05 Å². The van der Waals surface area contributed by atoms with Crippen LogP contribution in [0.2, 0.25) is 0 Å². The normalized spacial score (nSPS) is 23.7. The quantitative estimate of drug-likeness (QED) is 0.887. The van der Waals surface area contributed by atoms with Crippen LogP contribution in [0.25, 0.3) is 0 Å². The number of aliphatic hydroxyl groups excluding tert-OH is 1. The molecule has 1 aliphatic carbocycles. The van der Waals surface area contributed by atoms with E-state index in [1.54, 1.807) is 4.90 Å². The third-order valence-corrected chi connectivity index (χ3v) is 3.78. The third-order valence-electron chi connectivity index (χ3n) is 3.78. The Bertz CT molecular complexity index is 391. The van der Waals surface area contributed by atoms with Crippen molar-refractivity contribution in [3.8, 4) is 0 Å². The summed E-state index contributed by atoms with van der Waals surface area (Å²) in [6.07, 6.45) is 3.96. The number of carbonyl (C=O) groups excluding carboxylic acids is 1. The highest BCUT2D eigenvalue weighted by Gasteiger charge is 2.29. The van der Waals surface area contributed by atoms with E-state index in [1.807, 2.05) is 37.4 Å². The smallest absolute Gasteiger partial charge is 0.227 e. The van der Waals surface area contributed by atoms with Crippen molar-refractivity contribution in [3.05, 3.63) is 35.9 Å². The zero-order valence-corrected chi connectivity index (χ0v) is 10.9. The van der Waals surface area contributed by atoms with Crippen molar-refractivity contribution >= 4 is 5.91 Å². The van der Waals surface area contributed by atoms with E-state index in [1.165, 1.54) is 0 Å². The second-order valence-corrected chi connectivity index (χ2v) is 5.09. The highest BCUT2D eigenvalue weighted by Crippen LogP contribution is 2.22. The van der Waals surface area contributed by atoms with Crippen LogP contribution in [0.3, 0.4) is 0 Å². The zero-order valence-electron chi connectivity index (χ0n) is 10.9. The van der Waals surface area contributed by atoms with E-state index >= 15 is 0 Å². The number of aliphatic hydroxyl groups is 1. The Morgan fingerprint density at radius 1 is 1.28 bits per heavy atom. The maximum absolute atomic E-state index is 12.2. The van der Waals surface area contributed by atoms with Crippen LogP contribution in [0.4, 0.5) is 0 Å². The van der Waals surface area contributed by atoms with Crippen LogP contribution in [-0.4, -0.2) is 35.1 Å². The molecule has 0 radical (unpaired) electrons. The maximum Gasteiger partial charge on any atom is 0.227 e. The second-order valence-electron chi connectivity index (χ2n) is 5.09. The predicted octanol–water partition coefficient (Wildman–Crippen LogP) is 1.99. The fourth-order valence-corrected chi connectivity index (χ4v) is 2.62. The van der Waals surface area contributed by atoms with E-state index in [0.29, 0.717) is 6.42 Å². The molecule has 1 amide bonds. The van der Waals surface area contributed by atoms with E-state index in [2.05, 4.69) is 0 Å². The number of amides is 1. The molecular weight excluding hydrogens is 226 g/mol. The number of likely N-dealkylation sites (N-methyl/N-ethyl adjacent to an activating group) is 1. The molecule has 1 aromatic rings. The molecular formula is C15H21NO2. The molecule has 2 unspecified atom stereocenters. The van der Waals surface area contributed by atoms with Gasteiger partial charge in [0.15, 0.2) is 0 Å². The molecule has 1 aromatic carbocycles. The van der Waals surface area contributed by atoms with E-state index in [4.69, 9.17) is 0 Å². The number of rotatable bonds is 3. The lowest BCUT2D eigenvalue weighted by atomic mass is 9.91. The molecule has 1 N–H and O–H groups in total. The van der Waals surface area contributed by atoms with Gasteiger partial charge in [-0.25, -0.2) is 0 Å². The first kappa shape index (κ1) is 13.1. The van der Waals surface area contributed by atoms with E-state index in [0.717, 1.165) is 31.2 Å². The highest BCUT2D eigenvalue weighted by molar-refractivity contribution is 5.78. The minimum absolute atomic E-state index is 0.00466. The van der Waals surface area contributed by atoms with Crippen LogP contribution < -0.4 is 0 Å². The lowest BCUT2D eigenvalue weighted by Gasteiger charge is -2.35. The SMILES string of the molecule is CN(C(=O)Cc1ccccc1)C1CCCCC1O. The lowest BCUT2D eigenvalue weighted by molar-refractivity contribution is -0.134. The topological polar surface area (TPSA) is 40.5 Å². The number of benzene rings is 1. The van der Waals surface area contributed by atoms with Gasteiger partial charge in [0, 0.05) is 7.05 Å². The summed E-state index contributed by atoms with van der Waals surface area (Å²) in [5.74, 6) is 0.0900. The van der Waals surface area contributed by atoms with Crippen LogP contribution in [0, 0.1) is 0 Å². The first-order chi connectivity index (χ1) is 8.68. The summed E-state index contributed by atoms with van der Waals surface area (Å²) in [7, 11) is 1.81. The van der Waals surface area contributed by atoms with Gasteiger partial charge in [0.05, 0.1) is 18.6 Å². The summed E-state index contributed by atoms with van der Waals surface area (Å²) in [4.78, 5) is 13.9. The highest BCUT2D eigenvalue weighted by atomic mass is 16.3. The molecule has 98 valence electrons. The van der Waals surface area contributed by atoms with E-state index in [-0.39, 0.29) is 18.1 Å². The van der Waals surface area contributed by atoms with Crippen molar-refractivity contribution in [2.45, 2.75) is 44.2 Å². The largest absolute Gasteiger partial charge is 0.391 e. The minimum atomic E-state index is -0.358. The molecule has 18 heavy (non-hydrogen) atoms. The van der Waals surface area contributed by atoms with Gasteiger partial charge in [-0.15, -0.1) is 0 Å². The number of carbonyl (C=O) groups is 1. The Hall–Kier alpha value is -1.35. The summed E-state index contributed by atoms with van der Waals surface area (Å²) in [5.41, 5.74) is 1.03. The maximum atomic E-state index is 12.2. The standard InChI is InChI=1S/C15H21NO2/c1-16(13-9-5-6-10-14(13)17)15(18)11-12-7-3-2-4-8-12/h2-4,7-8,13-14,17H,5-6,9-11H2,1H3. The van der Waals surface area contributed by atoms with Crippen molar-refractivity contribution in [1.82, 2.24) is 4.90 Å². The van der Waals surface area contributed by atoms with Gasteiger partial charge in [-0.1, -0.05) is 43.2 Å². The van der Waals surface area contributed by atoms with Crippen LogP contribution in [0.15, 0.2) is 30.3 Å². The van der Waals surface area contributed by atoms with Crippen LogP contribution in [-0.2, 0) is 11.2 Å². The Balaban J connectivity index is 1.96. The number of hydrogen-bond acceptors (Lipinski definition) is 2. The Morgan fingerprint density at radius 2 is 1.94 bits per heavy atom. The summed E-state index contributed by atoms with van der Waals surface area (Å²) in [6.45, 7) is 0. The molecule has 0 saturated heterocycles. The molecule has 0 heterocycles. The molecule has 0 spiro atoms. The van der Waals surface area contributed by atoms with Crippen molar-refractivity contribution in [1.29, 1.82) is 0 Å². The molecule has 0 bridgehead atoms. The molecule has 0 aliphatic heterocycles. The third kappa shape index (κ3) is 3.10. The summed E-state index contributed by atoms with van der Waals surface area (Å²) in [6, 6.07) is 9.75. The molecule has 3 nitrogen and oxygen atoms in total. The molecule has 1 fully saturated rings. The molecule has 1 saturated carbocycles. The van der Waals surface area contributed by atoms with Crippen LogP contribution in [0.1, 0.15) is 31.2 Å². The molecule has 2 rings (SSSR count). The predicted molar refractivity (Wildman–Crippen MR) is 71.2 cm³/mol.